The van der Waals surface area contributed by atoms with E-state index in [0.29, 0.717) is 29.1 Å². The number of nitrogens with zero attached hydrogens (tertiary/aromatic N) is 3. The number of esters is 1. The highest BCUT2D eigenvalue weighted by molar-refractivity contribution is 6.35. The molecule has 0 radical (unpaired) electrons. The van der Waals surface area contributed by atoms with Crippen LogP contribution in [0.4, 0.5) is 35.1 Å². The van der Waals surface area contributed by atoms with Crippen LogP contribution in [-0.2, 0) is 31.1 Å². The molecule has 1 saturated carbocycles. The fraction of sp³-hybridized carbons (Fsp3) is 0.286. The minimum atomic E-state index is -4.65. The number of ether oxygens (including phenoxy) is 2. The van der Waals surface area contributed by atoms with E-state index in [0.717, 1.165) is 12.7 Å². The molecule has 0 saturated heterocycles. The monoisotopic (exact) mass is 772 g/mol. The predicted molar refractivity (Wildman–Crippen MR) is 186 cm³/mol. The minimum Gasteiger partial charge on any atom is -0.467 e. The van der Waals surface area contributed by atoms with Gasteiger partial charge in [-0.2, -0.15) is 28.1 Å². The van der Waals surface area contributed by atoms with E-state index in [1.54, 1.807) is 24.3 Å². The van der Waals surface area contributed by atoms with Crippen molar-refractivity contribution in [3.63, 3.8) is 0 Å². The van der Waals surface area contributed by atoms with Crippen LogP contribution >= 0.6 is 11.6 Å². The molecular formula is C35H33ClF4N8O6. The minimum absolute atomic E-state index is 0.0292. The second kappa shape index (κ2) is 17.2. The second-order valence-electron chi connectivity index (χ2n) is 11.9. The standard InChI is InChI=1S/C35H33ClF4N8O6/c1-53-30(52)26(18-42-29(51)28(50)41-17-14-20-4-2-3-5-25(20)37)44-27(49)21-6-12-24(13-7-21)43-31-45-32(47-33(46-31)54-19-35(38,39)40)48-34(15-16-34)22-8-10-23(36)11-9-22/h2-13,26H,14-19H2,1H3,(H,41,50)(H,42,51)(H,44,49)(H2,43,45,46,47,48)/t26-/m0/s1. The Kier molecular flexibility index (Phi) is 12.5. The first-order valence-electron chi connectivity index (χ1n) is 16.3. The second-order valence-corrected chi connectivity index (χ2v) is 12.4. The summed E-state index contributed by atoms with van der Waals surface area (Å²) in [6, 6.07) is 16.7. The van der Waals surface area contributed by atoms with Crippen LogP contribution in [0.3, 0.4) is 0 Å². The fourth-order valence-electron chi connectivity index (χ4n) is 5.05. The summed E-state index contributed by atoms with van der Waals surface area (Å²) < 4.78 is 62.1. The van der Waals surface area contributed by atoms with Crippen molar-refractivity contribution in [2.45, 2.75) is 37.0 Å². The number of aromatic nitrogens is 3. The summed E-state index contributed by atoms with van der Waals surface area (Å²) in [5, 5.41) is 13.6. The lowest BCUT2D eigenvalue weighted by Crippen LogP contribution is -2.51. The zero-order chi connectivity index (χ0) is 38.9. The zero-order valence-electron chi connectivity index (χ0n) is 28.4. The number of hydrogen-bond donors (Lipinski definition) is 5. The van der Waals surface area contributed by atoms with E-state index < -0.39 is 66.4 Å². The lowest BCUT2D eigenvalue weighted by molar-refractivity contribution is -0.154. The third-order valence-electron chi connectivity index (χ3n) is 7.98. The van der Waals surface area contributed by atoms with Crippen LogP contribution in [0.5, 0.6) is 6.01 Å². The van der Waals surface area contributed by atoms with Gasteiger partial charge in [0, 0.05) is 29.4 Å². The molecule has 14 nitrogen and oxygen atoms in total. The maximum absolute atomic E-state index is 13.8. The number of rotatable bonds is 15. The largest absolute Gasteiger partial charge is 0.467 e. The molecule has 1 aliphatic rings. The molecule has 54 heavy (non-hydrogen) atoms. The molecule has 5 rings (SSSR count). The molecule has 1 atom stereocenters. The lowest BCUT2D eigenvalue weighted by atomic mass is 10.1. The first kappa shape index (κ1) is 39.2. The van der Waals surface area contributed by atoms with E-state index >= 15 is 0 Å². The lowest BCUT2D eigenvalue weighted by Gasteiger charge is -2.19. The average Bonchev–Trinajstić information content (AvgIpc) is 3.93. The molecule has 1 fully saturated rings. The number of nitrogens with one attached hydrogen (secondary N) is 5. The normalized spacial score (nSPS) is 13.5. The maximum Gasteiger partial charge on any atom is 0.422 e. The van der Waals surface area contributed by atoms with Crippen molar-refractivity contribution in [3.8, 4) is 6.01 Å². The van der Waals surface area contributed by atoms with Crippen molar-refractivity contribution >= 4 is 52.9 Å². The van der Waals surface area contributed by atoms with Gasteiger partial charge in [-0.25, -0.2) is 9.18 Å². The Labute approximate surface area is 310 Å². The third kappa shape index (κ3) is 11.0. The topological polar surface area (TPSA) is 186 Å². The molecule has 0 bridgehead atoms. The van der Waals surface area contributed by atoms with Crippen LogP contribution in [0.15, 0.2) is 72.8 Å². The van der Waals surface area contributed by atoms with Gasteiger partial charge >= 0.3 is 30.0 Å². The van der Waals surface area contributed by atoms with Gasteiger partial charge in [0.25, 0.3) is 5.91 Å². The number of carbonyl (C=O) groups is 4. The molecule has 19 heteroatoms. The van der Waals surface area contributed by atoms with Crippen LogP contribution in [-0.4, -0.2) is 77.7 Å². The number of amides is 3. The van der Waals surface area contributed by atoms with Crippen molar-refractivity contribution in [1.29, 1.82) is 0 Å². The van der Waals surface area contributed by atoms with Crippen LogP contribution < -0.4 is 31.3 Å². The highest BCUT2D eigenvalue weighted by atomic mass is 35.5. The Morgan fingerprint density at radius 1 is 0.889 bits per heavy atom. The van der Waals surface area contributed by atoms with Gasteiger partial charge in [-0.3, -0.25) is 14.4 Å². The number of hydrogen-bond acceptors (Lipinski definition) is 11. The van der Waals surface area contributed by atoms with Crippen LogP contribution in [0.1, 0.15) is 34.3 Å². The van der Waals surface area contributed by atoms with Gasteiger partial charge in [-0.1, -0.05) is 41.9 Å². The van der Waals surface area contributed by atoms with Crippen molar-refractivity contribution in [1.82, 2.24) is 30.9 Å². The molecule has 1 aromatic heterocycles. The number of benzene rings is 3. The van der Waals surface area contributed by atoms with E-state index in [1.165, 1.54) is 36.4 Å². The van der Waals surface area contributed by atoms with E-state index in [-0.39, 0.29) is 30.4 Å². The quantitative estimate of drug-likeness (QED) is 0.0663. The highest BCUT2D eigenvalue weighted by Gasteiger charge is 2.45. The number of anilines is 3. The van der Waals surface area contributed by atoms with Gasteiger partial charge in [0.15, 0.2) is 6.61 Å². The van der Waals surface area contributed by atoms with Gasteiger partial charge in [0.05, 0.1) is 12.6 Å². The summed E-state index contributed by atoms with van der Waals surface area (Å²) in [6.45, 7) is -2.16. The summed E-state index contributed by atoms with van der Waals surface area (Å²) in [7, 11) is 1.07. The Bertz CT molecular complexity index is 1980. The Morgan fingerprint density at radius 3 is 2.20 bits per heavy atom. The van der Waals surface area contributed by atoms with E-state index in [2.05, 4.69) is 41.5 Å². The molecule has 3 aromatic carbocycles. The molecule has 1 heterocycles. The van der Waals surface area contributed by atoms with Crippen LogP contribution in [0.2, 0.25) is 5.02 Å². The van der Waals surface area contributed by atoms with Crippen molar-refractivity contribution in [2.24, 2.45) is 0 Å². The maximum atomic E-state index is 13.8. The van der Waals surface area contributed by atoms with Gasteiger partial charge in [0.1, 0.15) is 11.9 Å². The molecule has 1 aliphatic carbocycles. The van der Waals surface area contributed by atoms with E-state index in [9.17, 15) is 36.7 Å². The first-order valence-corrected chi connectivity index (χ1v) is 16.7. The van der Waals surface area contributed by atoms with Gasteiger partial charge in [-0.05, 0) is 72.9 Å². The van der Waals surface area contributed by atoms with Crippen molar-refractivity contribution in [2.75, 3.05) is 37.4 Å². The molecule has 0 unspecified atom stereocenters. The molecule has 0 aliphatic heterocycles. The number of methoxy groups -OCH3 is 1. The molecular weight excluding hydrogens is 740 g/mol. The Hall–Kier alpha value is -6.04. The number of carbonyl (C=O) groups excluding carboxylic acids is 4. The smallest absolute Gasteiger partial charge is 0.422 e. The molecule has 284 valence electrons. The highest BCUT2D eigenvalue weighted by Crippen LogP contribution is 2.48. The third-order valence-corrected chi connectivity index (χ3v) is 8.23. The molecule has 4 aromatic rings. The van der Waals surface area contributed by atoms with Crippen LogP contribution in [0, 0.1) is 5.82 Å². The summed E-state index contributed by atoms with van der Waals surface area (Å²) in [5.41, 5.74) is 1.05. The van der Waals surface area contributed by atoms with Gasteiger partial charge in [-0.15, -0.1) is 0 Å². The molecule has 5 N–H and O–H groups in total. The summed E-state index contributed by atoms with van der Waals surface area (Å²) in [6.07, 6.45) is -3.12. The Balaban J connectivity index is 1.20. The van der Waals surface area contributed by atoms with Gasteiger partial charge < -0.3 is 36.1 Å². The van der Waals surface area contributed by atoms with Crippen molar-refractivity contribution in [3.05, 3.63) is 100 Å². The zero-order valence-corrected chi connectivity index (χ0v) is 29.2. The van der Waals surface area contributed by atoms with E-state index in [1.807, 2.05) is 12.1 Å². The van der Waals surface area contributed by atoms with E-state index in [4.69, 9.17) is 21.1 Å². The summed E-state index contributed by atoms with van der Waals surface area (Å²) in [4.78, 5) is 62.2. The summed E-state index contributed by atoms with van der Waals surface area (Å²) >= 11 is 6.02. The molecule has 0 spiro atoms. The molecule has 3 amide bonds. The van der Waals surface area contributed by atoms with Crippen molar-refractivity contribution < 1.29 is 46.2 Å². The summed E-state index contributed by atoms with van der Waals surface area (Å²) in [5.74, 6) is -4.43. The SMILES string of the molecule is COC(=O)[C@H](CNC(=O)C(=O)NCCc1ccccc1F)NC(=O)c1ccc(Nc2nc(NC3(c4ccc(Cl)cc4)CC3)nc(OCC(F)(F)F)n2)cc1. The fourth-order valence-corrected chi connectivity index (χ4v) is 5.18. The van der Waals surface area contributed by atoms with Gasteiger partial charge in [0.2, 0.25) is 11.9 Å². The Morgan fingerprint density at radius 2 is 1.56 bits per heavy atom. The first-order chi connectivity index (χ1) is 25.7. The predicted octanol–water partition coefficient (Wildman–Crippen LogP) is 4.20. The van der Waals surface area contributed by atoms with Crippen LogP contribution in [0.25, 0.3) is 0 Å². The average molecular weight is 773 g/mol. The number of halogens is 5. The number of alkyl halides is 3.